The molecule has 1 aromatic carbocycles. The molecule has 0 amide bonds. The van der Waals surface area contributed by atoms with Crippen LogP contribution in [0.4, 0.5) is 0 Å². The van der Waals surface area contributed by atoms with E-state index in [0.717, 1.165) is 17.7 Å². The van der Waals surface area contributed by atoms with E-state index in [1.54, 1.807) is 7.11 Å². The molecule has 0 bridgehead atoms. The van der Waals surface area contributed by atoms with Crippen molar-refractivity contribution < 1.29 is 4.74 Å². The van der Waals surface area contributed by atoms with Gasteiger partial charge in [-0.25, -0.2) is 0 Å². The number of hydrogen-bond donors (Lipinski definition) is 2. The molecule has 0 atom stereocenters. The number of methoxy groups -OCH3 is 1. The number of aromatic amines is 1. The zero-order valence-corrected chi connectivity index (χ0v) is 12.1. The Kier molecular flexibility index (Phi) is 4.70. The fourth-order valence-electron chi connectivity index (χ4n) is 2.07. The number of nitrogens with one attached hydrogen (secondary N) is 1. The summed E-state index contributed by atoms with van der Waals surface area (Å²) in [5.41, 5.74) is 6.91. The van der Waals surface area contributed by atoms with Crippen molar-refractivity contribution in [1.29, 1.82) is 0 Å². The van der Waals surface area contributed by atoms with Crippen LogP contribution in [0.1, 0.15) is 6.42 Å². The van der Waals surface area contributed by atoms with Gasteiger partial charge in [-0.2, -0.15) is 0 Å². The summed E-state index contributed by atoms with van der Waals surface area (Å²) < 4.78 is 7.63. The van der Waals surface area contributed by atoms with Gasteiger partial charge in [0.1, 0.15) is 5.75 Å². The molecule has 106 valence electrons. The summed E-state index contributed by atoms with van der Waals surface area (Å²) in [4.78, 5) is 14.3. The van der Waals surface area contributed by atoms with Crippen molar-refractivity contribution in [1.82, 2.24) is 9.55 Å². The second-order valence-electron chi connectivity index (χ2n) is 4.32. The zero-order chi connectivity index (χ0) is 14.5. The summed E-state index contributed by atoms with van der Waals surface area (Å²) >= 11 is 5.25. The number of aromatic nitrogens is 2. The fourth-order valence-corrected chi connectivity index (χ4v) is 2.36. The normalized spacial score (nSPS) is 10.5. The van der Waals surface area contributed by atoms with Gasteiger partial charge in [0.15, 0.2) is 4.77 Å². The number of benzene rings is 1. The van der Waals surface area contributed by atoms with E-state index in [4.69, 9.17) is 22.7 Å². The highest BCUT2D eigenvalue weighted by molar-refractivity contribution is 7.71. The molecule has 0 aliphatic rings. The minimum Gasteiger partial charge on any atom is -0.496 e. The van der Waals surface area contributed by atoms with Gasteiger partial charge in [-0.15, -0.1) is 0 Å². The van der Waals surface area contributed by atoms with Gasteiger partial charge in [0.05, 0.1) is 12.8 Å². The van der Waals surface area contributed by atoms with Gasteiger partial charge in [0, 0.05) is 18.2 Å². The van der Waals surface area contributed by atoms with Crippen molar-refractivity contribution in [2.75, 3.05) is 13.7 Å². The highest BCUT2D eigenvalue weighted by atomic mass is 32.1. The third-order valence-corrected chi connectivity index (χ3v) is 3.33. The number of H-pyrrole nitrogens is 1. The first-order valence-corrected chi connectivity index (χ1v) is 6.76. The molecule has 20 heavy (non-hydrogen) atoms. The quantitative estimate of drug-likeness (QED) is 0.826. The molecule has 0 saturated heterocycles. The second kappa shape index (κ2) is 6.49. The van der Waals surface area contributed by atoms with Crippen LogP contribution >= 0.6 is 12.2 Å². The summed E-state index contributed by atoms with van der Waals surface area (Å²) in [6.07, 6.45) is 0.780. The van der Waals surface area contributed by atoms with E-state index in [0.29, 0.717) is 23.6 Å². The maximum absolute atomic E-state index is 11.7. The molecule has 0 aliphatic carbocycles. The Morgan fingerprint density at radius 2 is 2.15 bits per heavy atom. The van der Waals surface area contributed by atoms with E-state index in [1.807, 2.05) is 28.8 Å². The Hall–Kier alpha value is -1.92. The molecule has 2 aromatic rings. The minimum absolute atomic E-state index is 0.222. The Balaban J connectivity index is 2.65. The molecule has 5 nitrogen and oxygen atoms in total. The number of para-hydroxylation sites is 1. The van der Waals surface area contributed by atoms with E-state index in [9.17, 15) is 4.79 Å². The molecule has 3 N–H and O–H groups in total. The van der Waals surface area contributed by atoms with Crippen LogP contribution < -0.4 is 16.0 Å². The monoisotopic (exact) mass is 291 g/mol. The maximum atomic E-state index is 11.7. The molecule has 0 unspecified atom stereocenters. The lowest BCUT2D eigenvalue weighted by molar-refractivity contribution is 0.416. The summed E-state index contributed by atoms with van der Waals surface area (Å²) in [6.45, 7) is 1.21. The summed E-state index contributed by atoms with van der Waals surface area (Å²) in [5, 5.41) is 0. The molecular weight excluding hydrogens is 274 g/mol. The minimum atomic E-state index is -0.222. The number of ether oxygens (including phenoxy) is 1. The van der Waals surface area contributed by atoms with Gasteiger partial charge in [-0.1, -0.05) is 12.1 Å². The van der Waals surface area contributed by atoms with E-state index in [2.05, 4.69) is 4.98 Å². The first-order chi connectivity index (χ1) is 9.67. The molecule has 1 heterocycles. The van der Waals surface area contributed by atoms with Crippen LogP contribution in [0.15, 0.2) is 35.1 Å². The molecule has 0 radical (unpaired) electrons. The second-order valence-corrected chi connectivity index (χ2v) is 4.70. The Bertz CT molecular complexity index is 706. The number of nitrogens with zero attached hydrogens (tertiary/aromatic N) is 1. The van der Waals surface area contributed by atoms with Crippen LogP contribution in [0.2, 0.25) is 0 Å². The average molecular weight is 291 g/mol. The van der Waals surface area contributed by atoms with E-state index < -0.39 is 0 Å². The predicted molar refractivity (Wildman–Crippen MR) is 81.5 cm³/mol. The van der Waals surface area contributed by atoms with Crippen molar-refractivity contribution in [2.45, 2.75) is 13.0 Å². The van der Waals surface area contributed by atoms with Crippen LogP contribution in [0.25, 0.3) is 11.3 Å². The van der Waals surface area contributed by atoms with Gasteiger partial charge < -0.3 is 15.0 Å². The Morgan fingerprint density at radius 3 is 2.85 bits per heavy atom. The number of rotatable bonds is 5. The lowest BCUT2D eigenvalue weighted by atomic mass is 10.1. The first kappa shape index (κ1) is 14.5. The van der Waals surface area contributed by atoms with Crippen molar-refractivity contribution >= 4 is 12.2 Å². The van der Waals surface area contributed by atoms with Crippen LogP contribution in [-0.2, 0) is 6.54 Å². The lowest BCUT2D eigenvalue weighted by Crippen LogP contribution is -2.16. The smallest absolute Gasteiger partial charge is 0.252 e. The van der Waals surface area contributed by atoms with Crippen molar-refractivity contribution in [3.8, 4) is 17.0 Å². The largest absolute Gasteiger partial charge is 0.496 e. The van der Waals surface area contributed by atoms with Crippen LogP contribution in [0.3, 0.4) is 0 Å². The molecule has 2 rings (SSSR count). The molecule has 1 aromatic heterocycles. The molecule has 0 saturated carbocycles. The summed E-state index contributed by atoms with van der Waals surface area (Å²) in [5.74, 6) is 0.703. The van der Waals surface area contributed by atoms with Gasteiger partial charge in [-0.05, 0) is 37.3 Å². The van der Waals surface area contributed by atoms with Gasteiger partial charge >= 0.3 is 0 Å². The first-order valence-electron chi connectivity index (χ1n) is 6.35. The van der Waals surface area contributed by atoms with Gasteiger partial charge in [0.2, 0.25) is 0 Å². The van der Waals surface area contributed by atoms with Gasteiger partial charge in [0.25, 0.3) is 5.56 Å². The van der Waals surface area contributed by atoms with Crippen molar-refractivity contribution in [3.63, 3.8) is 0 Å². The SMILES string of the molecule is COc1ccccc1-c1cc(=O)[nH]c(=S)n1CCCN. The lowest BCUT2D eigenvalue weighted by Gasteiger charge is -2.15. The highest BCUT2D eigenvalue weighted by Crippen LogP contribution is 2.28. The summed E-state index contributed by atoms with van der Waals surface area (Å²) in [7, 11) is 1.60. The fraction of sp³-hybridized carbons (Fsp3) is 0.286. The molecule has 0 fully saturated rings. The number of nitrogens with two attached hydrogens (primary N) is 1. The highest BCUT2D eigenvalue weighted by Gasteiger charge is 2.10. The van der Waals surface area contributed by atoms with E-state index in [-0.39, 0.29) is 5.56 Å². The third-order valence-electron chi connectivity index (χ3n) is 3.00. The third kappa shape index (κ3) is 2.97. The average Bonchev–Trinajstić information content (AvgIpc) is 2.45. The van der Waals surface area contributed by atoms with Crippen LogP contribution in [-0.4, -0.2) is 23.2 Å². The molecular formula is C14H17N3O2S. The van der Waals surface area contributed by atoms with Gasteiger partial charge in [-0.3, -0.25) is 9.78 Å². The molecule has 6 heteroatoms. The van der Waals surface area contributed by atoms with Crippen LogP contribution in [0.5, 0.6) is 5.75 Å². The Morgan fingerprint density at radius 1 is 1.40 bits per heavy atom. The zero-order valence-electron chi connectivity index (χ0n) is 11.3. The van der Waals surface area contributed by atoms with Crippen molar-refractivity contribution in [2.24, 2.45) is 5.73 Å². The molecule has 0 aliphatic heterocycles. The predicted octanol–water partition coefficient (Wildman–Crippen LogP) is 1.93. The van der Waals surface area contributed by atoms with E-state index >= 15 is 0 Å². The topological polar surface area (TPSA) is 73.0 Å². The van der Waals surface area contributed by atoms with Crippen molar-refractivity contribution in [3.05, 3.63) is 45.5 Å². The summed E-state index contributed by atoms with van der Waals surface area (Å²) in [6, 6.07) is 9.07. The van der Waals surface area contributed by atoms with Crippen LogP contribution in [0, 0.1) is 4.77 Å². The molecule has 0 spiro atoms. The Labute approximate surface area is 122 Å². The maximum Gasteiger partial charge on any atom is 0.252 e. The number of hydrogen-bond acceptors (Lipinski definition) is 4. The standard InChI is InChI=1S/C14H17N3O2S/c1-19-12-6-3-2-5-10(12)11-9-13(18)16-14(20)17(11)8-4-7-15/h2-3,5-6,9H,4,7-8,15H2,1H3,(H,16,18,20). The van der Waals surface area contributed by atoms with E-state index in [1.165, 1.54) is 6.07 Å².